The molecule has 4 heteroatoms. The summed E-state index contributed by atoms with van der Waals surface area (Å²) in [5.41, 5.74) is 2.64. The quantitative estimate of drug-likeness (QED) is 0.485. The standard InChI is InChI=1S/C6H8N4/c1-2-9-10-6-7-4-3-5-8-6/h2-5H,1H3,(H,7,8,10)/b9-2-. The number of hydrazone groups is 1. The van der Waals surface area contributed by atoms with Gasteiger partial charge in [-0.2, -0.15) is 5.10 Å². The number of nitrogens with one attached hydrogen (secondary N) is 1. The molecule has 1 aromatic heterocycles. The molecule has 10 heavy (non-hydrogen) atoms. The molecule has 0 aliphatic heterocycles. The van der Waals surface area contributed by atoms with Crippen molar-refractivity contribution in [1.82, 2.24) is 9.97 Å². The molecule has 0 saturated heterocycles. The van der Waals surface area contributed by atoms with E-state index in [0.717, 1.165) is 0 Å². The number of anilines is 1. The zero-order valence-corrected chi connectivity index (χ0v) is 5.65. The van der Waals surface area contributed by atoms with Gasteiger partial charge in [0.25, 0.3) is 0 Å². The summed E-state index contributed by atoms with van der Waals surface area (Å²) in [6.45, 7) is 1.82. The fourth-order valence-corrected chi connectivity index (χ4v) is 0.479. The van der Waals surface area contributed by atoms with Gasteiger partial charge in [0, 0.05) is 18.6 Å². The van der Waals surface area contributed by atoms with E-state index in [1.807, 2.05) is 6.92 Å². The fourth-order valence-electron chi connectivity index (χ4n) is 0.479. The molecule has 52 valence electrons. The van der Waals surface area contributed by atoms with Gasteiger partial charge in [0.05, 0.1) is 0 Å². The Hall–Kier alpha value is -1.45. The van der Waals surface area contributed by atoms with E-state index in [2.05, 4.69) is 20.5 Å². The van der Waals surface area contributed by atoms with Crippen molar-refractivity contribution >= 4 is 12.2 Å². The number of nitrogens with zero attached hydrogens (tertiary/aromatic N) is 3. The largest absolute Gasteiger partial charge is 0.246 e. The van der Waals surface area contributed by atoms with Gasteiger partial charge in [0.15, 0.2) is 0 Å². The van der Waals surface area contributed by atoms with Crippen LogP contribution in [0, 0.1) is 0 Å². The summed E-state index contributed by atoms with van der Waals surface area (Å²) in [6.07, 6.45) is 4.94. The lowest BCUT2D eigenvalue weighted by atomic mass is 10.7. The van der Waals surface area contributed by atoms with Crippen LogP contribution >= 0.6 is 0 Å². The maximum absolute atomic E-state index is 3.88. The first-order valence-electron chi connectivity index (χ1n) is 2.94. The topological polar surface area (TPSA) is 50.2 Å². The van der Waals surface area contributed by atoms with Crippen molar-refractivity contribution < 1.29 is 0 Å². The van der Waals surface area contributed by atoms with Crippen LogP contribution in [0.2, 0.25) is 0 Å². The Morgan fingerprint density at radius 1 is 1.50 bits per heavy atom. The highest BCUT2D eigenvalue weighted by Crippen LogP contribution is 1.91. The minimum absolute atomic E-state index is 0.514. The molecule has 1 N–H and O–H groups in total. The highest BCUT2D eigenvalue weighted by molar-refractivity contribution is 5.54. The first kappa shape index (κ1) is 6.67. The van der Waals surface area contributed by atoms with Gasteiger partial charge >= 0.3 is 0 Å². The van der Waals surface area contributed by atoms with Crippen molar-refractivity contribution in [1.29, 1.82) is 0 Å². The van der Waals surface area contributed by atoms with Crippen LogP contribution in [0.25, 0.3) is 0 Å². The summed E-state index contributed by atoms with van der Waals surface area (Å²) in [5.74, 6) is 0.514. The summed E-state index contributed by atoms with van der Waals surface area (Å²) >= 11 is 0. The molecule has 0 fully saturated rings. The van der Waals surface area contributed by atoms with Crippen LogP contribution < -0.4 is 5.43 Å². The van der Waals surface area contributed by atoms with Crippen molar-refractivity contribution in [3.05, 3.63) is 18.5 Å². The lowest BCUT2D eigenvalue weighted by Gasteiger charge is -1.93. The van der Waals surface area contributed by atoms with Crippen LogP contribution in [0.4, 0.5) is 5.95 Å². The average Bonchev–Trinajstić information content (AvgIpc) is 2.03. The van der Waals surface area contributed by atoms with Crippen LogP contribution in [0.15, 0.2) is 23.6 Å². The van der Waals surface area contributed by atoms with E-state index in [9.17, 15) is 0 Å². The first-order chi connectivity index (χ1) is 4.93. The third kappa shape index (κ3) is 1.81. The predicted octanol–water partition coefficient (Wildman–Crippen LogP) is 0.894. The molecule has 4 nitrogen and oxygen atoms in total. The van der Waals surface area contributed by atoms with Crippen LogP contribution in [-0.4, -0.2) is 16.2 Å². The second-order valence-electron chi connectivity index (χ2n) is 1.57. The number of rotatable bonds is 2. The Kier molecular flexibility index (Phi) is 2.37. The SMILES string of the molecule is C/C=N\Nc1ncccn1. The molecule has 0 amide bonds. The molecule has 1 heterocycles. The summed E-state index contributed by atoms with van der Waals surface area (Å²) in [5, 5.41) is 3.74. The highest BCUT2D eigenvalue weighted by Gasteiger charge is 1.85. The molecule has 1 aromatic rings. The lowest BCUT2D eigenvalue weighted by Crippen LogP contribution is -1.93. The molecule has 0 spiro atoms. The Morgan fingerprint density at radius 3 is 2.80 bits per heavy atom. The first-order valence-corrected chi connectivity index (χ1v) is 2.94. The van der Waals surface area contributed by atoms with Gasteiger partial charge in [-0.3, -0.25) is 0 Å². The second-order valence-corrected chi connectivity index (χ2v) is 1.57. The van der Waals surface area contributed by atoms with E-state index < -0.39 is 0 Å². The molecule has 0 unspecified atom stereocenters. The van der Waals surface area contributed by atoms with Crippen LogP contribution in [0.3, 0.4) is 0 Å². The molecule has 0 aliphatic carbocycles. The van der Waals surface area contributed by atoms with E-state index in [4.69, 9.17) is 0 Å². The van der Waals surface area contributed by atoms with Crippen LogP contribution in [0.5, 0.6) is 0 Å². The van der Waals surface area contributed by atoms with Crippen molar-refractivity contribution in [2.75, 3.05) is 5.43 Å². The van der Waals surface area contributed by atoms with Crippen LogP contribution in [0.1, 0.15) is 6.92 Å². The monoisotopic (exact) mass is 136 g/mol. The number of aromatic nitrogens is 2. The van der Waals surface area contributed by atoms with Crippen molar-refractivity contribution in [3.8, 4) is 0 Å². The van der Waals surface area contributed by atoms with Crippen molar-refractivity contribution in [2.24, 2.45) is 5.10 Å². The lowest BCUT2D eigenvalue weighted by molar-refractivity contribution is 1.12. The maximum atomic E-state index is 3.88. The molecule has 1 rings (SSSR count). The van der Waals surface area contributed by atoms with Gasteiger partial charge in [-0.25, -0.2) is 15.4 Å². The van der Waals surface area contributed by atoms with Gasteiger partial charge in [0.2, 0.25) is 5.95 Å². The van der Waals surface area contributed by atoms with Gasteiger partial charge in [0.1, 0.15) is 0 Å². The van der Waals surface area contributed by atoms with Crippen molar-refractivity contribution in [3.63, 3.8) is 0 Å². The molecule has 0 aliphatic rings. The Morgan fingerprint density at radius 2 is 2.20 bits per heavy atom. The van der Waals surface area contributed by atoms with Crippen LogP contribution in [-0.2, 0) is 0 Å². The fraction of sp³-hybridized carbons (Fsp3) is 0.167. The van der Waals surface area contributed by atoms with Gasteiger partial charge in [-0.05, 0) is 13.0 Å². The van der Waals surface area contributed by atoms with Gasteiger partial charge in [-0.1, -0.05) is 0 Å². The third-order valence-electron chi connectivity index (χ3n) is 0.859. The number of hydrogen-bond donors (Lipinski definition) is 1. The molecular formula is C6H8N4. The Balaban J connectivity index is 2.59. The van der Waals surface area contributed by atoms with E-state index in [1.165, 1.54) is 0 Å². The molecule has 0 bridgehead atoms. The molecule has 0 saturated carbocycles. The molecule has 0 aromatic carbocycles. The normalized spacial score (nSPS) is 10.1. The van der Waals surface area contributed by atoms with Gasteiger partial charge < -0.3 is 0 Å². The summed E-state index contributed by atoms with van der Waals surface area (Å²) in [6, 6.07) is 1.75. The third-order valence-corrected chi connectivity index (χ3v) is 0.859. The maximum Gasteiger partial charge on any atom is 0.243 e. The van der Waals surface area contributed by atoms with E-state index in [0.29, 0.717) is 5.95 Å². The molecule has 0 radical (unpaired) electrons. The van der Waals surface area contributed by atoms with E-state index >= 15 is 0 Å². The molecule has 0 atom stereocenters. The minimum Gasteiger partial charge on any atom is -0.246 e. The summed E-state index contributed by atoms with van der Waals surface area (Å²) < 4.78 is 0. The van der Waals surface area contributed by atoms with E-state index in [-0.39, 0.29) is 0 Å². The highest BCUT2D eigenvalue weighted by atomic mass is 15.3. The smallest absolute Gasteiger partial charge is 0.243 e. The molecular weight excluding hydrogens is 128 g/mol. The average molecular weight is 136 g/mol. The Bertz CT molecular complexity index is 206. The number of hydrogen-bond acceptors (Lipinski definition) is 4. The summed E-state index contributed by atoms with van der Waals surface area (Å²) in [4.78, 5) is 7.76. The zero-order valence-electron chi connectivity index (χ0n) is 5.65. The Labute approximate surface area is 59.0 Å². The zero-order chi connectivity index (χ0) is 7.23. The minimum atomic E-state index is 0.514. The summed E-state index contributed by atoms with van der Waals surface area (Å²) in [7, 11) is 0. The van der Waals surface area contributed by atoms with E-state index in [1.54, 1.807) is 24.7 Å². The van der Waals surface area contributed by atoms with Crippen molar-refractivity contribution in [2.45, 2.75) is 6.92 Å². The van der Waals surface area contributed by atoms with Gasteiger partial charge in [-0.15, -0.1) is 0 Å². The second kappa shape index (κ2) is 3.55. The predicted molar refractivity (Wildman–Crippen MR) is 39.8 cm³/mol.